The number of likely N-dealkylation sites (tertiary alicyclic amines) is 2. The zero-order valence-corrected chi connectivity index (χ0v) is 13.2. The lowest BCUT2D eigenvalue weighted by molar-refractivity contribution is -0.145. The average molecular weight is 291 g/mol. The molecule has 1 aromatic heterocycles. The van der Waals surface area contributed by atoms with Crippen molar-refractivity contribution in [1.29, 1.82) is 0 Å². The van der Waals surface area contributed by atoms with E-state index in [1.165, 1.54) is 0 Å². The number of nitrogens with zero attached hydrogens (tertiary/aromatic N) is 4. The predicted molar refractivity (Wildman–Crippen MR) is 79.6 cm³/mol. The van der Waals surface area contributed by atoms with Gasteiger partial charge in [0.25, 0.3) is 0 Å². The van der Waals surface area contributed by atoms with Crippen molar-refractivity contribution in [2.24, 2.45) is 5.41 Å². The van der Waals surface area contributed by atoms with Crippen molar-refractivity contribution in [3.05, 3.63) is 11.6 Å². The molecule has 0 radical (unpaired) electrons. The fourth-order valence-electron chi connectivity index (χ4n) is 3.46. The third kappa shape index (κ3) is 2.69. The number of piperidine rings is 1. The molecule has 6 nitrogen and oxygen atoms in total. The lowest BCUT2D eigenvalue weighted by Gasteiger charge is -2.40. The summed E-state index contributed by atoms with van der Waals surface area (Å²) in [6.07, 6.45) is 3.90. The molecule has 1 unspecified atom stereocenters. The second-order valence-corrected chi connectivity index (χ2v) is 6.80. The smallest absolute Gasteiger partial charge is 0.229 e. The Kier molecular flexibility index (Phi) is 3.73. The highest BCUT2D eigenvalue weighted by molar-refractivity contribution is 5.83. The van der Waals surface area contributed by atoms with Crippen LogP contribution in [0.4, 0.5) is 0 Å². The fourth-order valence-corrected chi connectivity index (χ4v) is 3.46. The zero-order valence-electron chi connectivity index (χ0n) is 13.2. The molecular weight excluding hydrogens is 266 g/mol. The van der Waals surface area contributed by atoms with E-state index >= 15 is 0 Å². The van der Waals surface area contributed by atoms with Gasteiger partial charge in [0.1, 0.15) is 5.82 Å². The minimum atomic E-state index is -0.222. The van der Waals surface area contributed by atoms with Crippen LogP contribution in [0.2, 0.25) is 0 Å². The van der Waals surface area contributed by atoms with E-state index in [0.29, 0.717) is 5.91 Å². The SMILES string of the molecule is Cc1nc(C2CCCN2C(=O)C2(C)CCN(C)CC2)n[nH]1. The number of aromatic amines is 1. The van der Waals surface area contributed by atoms with Gasteiger partial charge in [-0.15, -0.1) is 0 Å². The molecule has 0 bridgehead atoms. The lowest BCUT2D eigenvalue weighted by atomic mass is 9.79. The Hall–Kier alpha value is -1.43. The summed E-state index contributed by atoms with van der Waals surface area (Å²) in [5.74, 6) is 1.88. The maximum Gasteiger partial charge on any atom is 0.229 e. The van der Waals surface area contributed by atoms with Crippen molar-refractivity contribution in [2.75, 3.05) is 26.7 Å². The highest BCUT2D eigenvalue weighted by atomic mass is 16.2. The Morgan fingerprint density at radius 2 is 2.05 bits per heavy atom. The number of carbonyl (C=O) groups is 1. The summed E-state index contributed by atoms with van der Waals surface area (Å²) in [6, 6.07) is 0.0546. The van der Waals surface area contributed by atoms with Crippen LogP contribution >= 0.6 is 0 Å². The van der Waals surface area contributed by atoms with Crippen LogP contribution in [0.15, 0.2) is 0 Å². The van der Waals surface area contributed by atoms with Gasteiger partial charge in [0.2, 0.25) is 5.91 Å². The van der Waals surface area contributed by atoms with E-state index in [9.17, 15) is 4.79 Å². The summed E-state index contributed by atoms with van der Waals surface area (Å²) < 4.78 is 0. The molecule has 1 atom stereocenters. The number of aromatic nitrogens is 3. The summed E-state index contributed by atoms with van der Waals surface area (Å²) in [4.78, 5) is 21.8. The second kappa shape index (κ2) is 5.40. The molecule has 0 saturated carbocycles. The van der Waals surface area contributed by atoms with Crippen molar-refractivity contribution < 1.29 is 4.79 Å². The number of hydrogen-bond acceptors (Lipinski definition) is 4. The molecule has 2 fully saturated rings. The summed E-state index contributed by atoms with van der Waals surface area (Å²) >= 11 is 0. The first-order chi connectivity index (χ1) is 9.99. The molecule has 1 N–H and O–H groups in total. The largest absolute Gasteiger partial charge is 0.332 e. The third-order valence-corrected chi connectivity index (χ3v) is 5.03. The quantitative estimate of drug-likeness (QED) is 0.897. The van der Waals surface area contributed by atoms with Crippen LogP contribution in [0.1, 0.15) is 50.3 Å². The molecule has 0 aromatic carbocycles. The molecule has 116 valence electrons. The Morgan fingerprint density at radius 1 is 1.33 bits per heavy atom. The molecule has 2 aliphatic rings. The van der Waals surface area contributed by atoms with E-state index in [1.807, 2.05) is 11.8 Å². The molecule has 6 heteroatoms. The van der Waals surface area contributed by atoms with Gasteiger partial charge < -0.3 is 9.80 Å². The van der Waals surface area contributed by atoms with Gasteiger partial charge in [-0.05, 0) is 52.7 Å². The van der Waals surface area contributed by atoms with E-state index in [0.717, 1.165) is 57.0 Å². The van der Waals surface area contributed by atoms with E-state index < -0.39 is 0 Å². The number of H-pyrrole nitrogens is 1. The standard InChI is InChI=1S/C15H25N5O/c1-11-16-13(18-17-11)12-5-4-8-20(12)14(21)15(2)6-9-19(3)10-7-15/h12H,4-10H2,1-3H3,(H,16,17,18). The first kappa shape index (κ1) is 14.5. The van der Waals surface area contributed by atoms with Crippen molar-refractivity contribution in [3.8, 4) is 0 Å². The molecule has 1 amide bonds. The molecule has 0 aliphatic carbocycles. The number of rotatable bonds is 2. The average Bonchev–Trinajstić information content (AvgIpc) is 3.09. The van der Waals surface area contributed by atoms with E-state index in [4.69, 9.17) is 0 Å². The van der Waals surface area contributed by atoms with E-state index in [2.05, 4.69) is 34.1 Å². The molecule has 3 heterocycles. The van der Waals surface area contributed by atoms with Gasteiger partial charge in [-0.3, -0.25) is 9.89 Å². The monoisotopic (exact) mass is 291 g/mol. The molecular formula is C15H25N5O. The van der Waals surface area contributed by atoms with Crippen molar-refractivity contribution in [1.82, 2.24) is 25.0 Å². The second-order valence-electron chi connectivity index (χ2n) is 6.80. The van der Waals surface area contributed by atoms with Crippen LogP contribution in [-0.4, -0.2) is 57.6 Å². The molecule has 2 aliphatic heterocycles. The Morgan fingerprint density at radius 3 is 2.67 bits per heavy atom. The molecule has 0 spiro atoms. The van der Waals surface area contributed by atoms with E-state index in [-0.39, 0.29) is 11.5 Å². The summed E-state index contributed by atoms with van der Waals surface area (Å²) in [5, 5.41) is 7.17. The molecule has 1 aromatic rings. The van der Waals surface area contributed by atoms with Crippen LogP contribution < -0.4 is 0 Å². The van der Waals surface area contributed by atoms with Crippen LogP contribution in [0.5, 0.6) is 0 Å². The predicted octanol–water partition coefficient (Wildman–Crippen LogP) is 1.51. The summed E-state index contributed by atoms with van der Waals surface area (Å²) in [7, 11) is 2.12. The zero-order chi connectivity index (χ0) is 15.0. The number of carbonyl (C=O) groups excluding carboxylic acids is 1. The van der Waals surface area contributed by atoms with Crippen LogP contribution in [0, 0.1) is 12.3 Å². The van der Waals surface area contributed by atoms with Crippen molar-refractivity contribution in [3.63, 3.8) is 0 Å². The summed E-state index contributed by atoms with van der Waals surface area (Å²) in [5.41, 5.74) is -0.222. The Labute approximate surface area is 125 Å². The Bertz CT molecular complexity index is 518. The normalized spacial score (nSPS) is 26.2. The van der Waals surface area contributed by atoms with Gasteiger partial charge >= 0.3 is 0 Å². The fraction of sp³-hybridized carbons (Fsp3) is 0.800. The maximum atomic E-state index is 13.1. The van der Waals surface area contributed by atoms with Gasteiger partial charge in [0.15, 0.2) is 5.82 Å². The van der Waals surface area contributed by atoms with Crippen molar-refractivity contribution >= 4 is 5.91 Å². The van der Waals surface area contributed by atoms with Crippen molar-refractivity contribution in [2.45, 2.75) is 45.6 Å². The minimum absolute atomic E-state index is 0.0546. The highest BCUT2D eigenvalue weighted by Gasteiger charge is 2.43. The first-order valence-corrected chi connectivity index (χ1v) is 7.88. The minimum Gasteiger partial charge on any atom is -0.332 e. The number of aryl methyl sites for hydroxylation is 1. The number of amides is 1. The van der Waals surface area contributed by atoms with Gasteiger partial charge in [-0.1, -0.05) is 6.92 Å². The Balaban J connectivity index is 1.77. The van der Waals surface area contributed by atoms with Gasteiger partial charge in [-0.25, -0.2) is 4.98 Å². The van der Waals surface area contributed by atoms with E-state index in [1.54, 1.807) is 0 Å². The molecule has 21 heavy (non-hydrogen) atoms. The highest BCUT2D eigenvalue weighted by Crippen LogP contribution is 2.38. The lowest BCUT2D eigenvalue weighted by Crippen LogP contribution is -2.47. The van der Waals surface area contributed by atoms with Crippen LogP contribution in [0.3, 0.4) is 0 Å². The van der Waals surface area contributed by atoms with Gasteiger partial charge in [0, 0.05) is 12.0 Å². The molecule has 3 rings (SSSR count). The number of nitrogens with one attached hydrogen (secondary N) is 1. The first-order valence-electron chi connectivity index (χ1n) is 7.88. The van der Waals surface area contributed by atoms with Gasteiger partial charge in [-0.2, -0.15) is 5.10 Å². The topological polar surface area (TPSA) is 65.1 Å². The summed E-state index contributed by atoms with van der Waals surface area (Å²) in [6.45, 7) is 6.86. The van der Waals surface area contributed by atoms with Crippen LogP contribution in [0.25, 0.3) is 0 Å². The van der Waals surface area contributed by atoms with Crippen LogP contribution in [-0.2, 0) is 4.79 Å². The number of hydrogen-bond donors (Lipinski definition) is 1. The maximum absolute atomic E-state index is 13.1. The molecule has 2 saturated heterocycles. The third-order valence-electron chi connectivity index (χ3n) is 5.03. The van der Waals surface area contributed by atoms with Gasteiger partial charge in [0.05, 0.1) is 6.04 Å².